The summed E-state index contributed by atoms with van der Waals surface area (Å²) >= 11 is 5.94. The first-order valence-corrected chi connectivity index (χ1v) is 10.8. The molecule has 0 atom stereocenters. The highest BCUT2D eigenvalue weighted by Gasteiger charge is 2.24. The SMILES string of the molecule is COc1ccccc1S(=O)(=O)n1ncc2ccc(NC(=O)c3c(F)cccc3Cl)cc21. The van der Waals surface area contributed by atoms with Crippen LogP contribution < -0.4 is 10.1 Å². The van der Waals surface area contributed by atoms with Crippen LogP contribution in [0.15, 0.2) is 71.8 Å². The summed E-state index contributed by atoms with van der Waals surface area (Å²) in [6.07, 6.45) is 1.39. The molecule has 1 amide bonds. The van der Waals surface area contributed by atoms with Crippen molar-refractivity contribution in [3.05, 3.63) is 83.3 Å². The fraction of sp³-hybridized carbons (Fsp3) is 0.0476. The molecule has 0 aliphatic carbocycles. The van der Waals surface area contributed by atoms with Crippen LogP contribution in [0, 0.1) is 5.82 Å². The zero-order valence-corrected chi connectivity index (χ0v) is 17.6. The molecule has 0 bridgehead atoms. The third-order valence-electron chi connectivity index (χ3n) is 4.56. The van der Waals surface area contributed by atoms with Crippen LogP contribution in [0.2, 0.25) is 5.02 Å². The van der Waals surface area contributed by atoms with Gasteiger partial charge in [-0.1, -0.05) is 29.8 Å². The van der Waals surface area contributed by atoms with E-state index in [1.807, 2.05) is 0 Å². The minimum Gasteiger partial charge on any atom is -0.495 e. The first-order valence-electron chi connectivity index (χ1n) is 8.94. The minimum absolute atomic E-state index is 0.0395. The van der Waals surface area contributed by atoms with Crippen LogP contribution in [0.4, 0.5) is 10.1 Å². The standard InChI is InChI=1S/C21H15ClFN3O4S/c1-30-18-7-2-3-8-19(18)31(28,29)26-17-11-14(10-9-13(17)12-24-26)25-21(27)20-15(22)5-4-6-16(20)23/h2-12H,1H3,(H,25,27). The lowest BCUT2D eigenvalue weighted by molar-refractivity contribution is 0.102. The molecule has 0 saturated heterocycles. The molecule has 0 fully saturated rings. The van der Waals surface area contributed by atoms with Crippen LogP contribution in [0.5, 0.6) is 5.75 Å². The van der Waals surface area contributed by atoms with Crippen LogP contribution in [-0.2, 0) is 10.0 Å². The Balaban J connectivity index is 1.76. The highest BCUT2D eigenvalue weighted by atomic mass is 35.5. The number of anilines is 1. The number of ether oxygens (including phenoxy) is 1. The van der Waals surface area contributed by atoms with Crippen molar-refractivity contribution >= 4 is 44.1 Å². The Bertz CT molecular complexity index is 1400. The molecular formula is C21H15ClFN3O4S. The average Bonchev–Trinajstić information content (AvgIpc) is 3.17. The fourth-order valence-corrected chi connectivity index (χ4v) is 4.78. The molecule has 31 heavy (non-hydrogen) atoms. The summed E-state index contributed by atoms with van der Waals surface area (Å²) in [6, 6.07) is 14.7. The van der Waals surface area contributed by atoms with Gasteiger partial charge in [-0.3, -0.25) is 4.79 Å². The van der Waals surface area contributed by atoms with E-state index in [9.17, 15) is 17.6 Å². The van der Waals surface area contributed by atoms with Gasteiger partial charge in [0.05, 0.1) is 29.4 Å². The number of aromatic nitrogens is 2. The Hall–Kier alpha value is -3.43. The Morgan fingerprint density at radius 3 is 2.65 bits per heavy atom. The summed E-state index contributed by atoms with van der Waals surface area (Å²) in [5.41, 5.74) is 0.163. The molecular weight excluding hydrogens is 445 g/mol. The number of fused-ring (bicyclic) bond motifs is 1. The molecule has 1 heterocycles. The van der Waals surface area contributed by atoms with Crippen LogP contribution in [0.3, 0.4) is 0 Å². The van der Waals surface area contributed by atoms with Crippen molar-refractivity contribution in [3.63, 3.8) is 0 Å². The fourth-order valence-electron chi connectivity index (χ4n) is 3.10. The van der Waals surface area contributed by atoms with Gasteiger partial charge in [0, 0.05) is 11.1 Å². The van der Waals surface area contributed by atoms with Crippen LogP contribution >= 0.6 is 11.6 Å². The van der Waals surface area contributed by atoms with Crippen LogP contribution in [0.1, 0.15) is 10.4 Å². The maximum atomic E-state index is 14.0. The van der Waals surface area contributed by atoms with E-state index < -0.39 is 21.7 Å². The van der Waals surface area contributed by atoms with E-state index in [1.165, 1.54) is 43.6 Å². The van der Waals surface area contributed by atoms with Gasteiger partial charge in [-0.05, 0) is 42.5 Å². The molecule has 4 rings (SSSR count). The first kappa shape index (κ1) is 20.8. The van der Waals surface area contributed by atoms with Crippen LogP contribution in [-0.4, -0.2) is 30.6 Å². The lowest BCUT2D eigenvalue weighted by atomic mass is 10.2. The number of benzene rings is 3. The molecule has 1 N–H and O–H groups in total. The monoisotopic (exact) mass is 459 g/mol. The third-order valence-corrected chi connectivity index (χ3v) is 6.51. The Morgan fingerprint density at radius 2 is 1.90 bits per heavy atom. The summed E-state index contributed by atoms with van der Waals surface area (Å²) in [4.78, 5) is 12.5. The van der Waals surface area contributed by atoms with Crippen molar-refractivity contribution in [2.24, 2.45) is 0 Å². The number of hydrogen-bond donors (Lipinski definition) is 1. The van der Waals surface area contributed by atoms with Gasteiger partial charge in [0.25, 0.3) is 15.9 Å². The quantitative estimate of drug-likeness (QED) is 0.480. The second-order valence-corrected chi connectivity index (χ2v) is 8.61. The number of nitrogens with zero attached hydrogens (tertiary/aromatic N) is 2. The number of nitrogens with one attached hydrogen (secondary N) is 1. The van der Waals surface area contributed by atoms with Crippen molar-refractivity contribution in [1.82, 2.24) is 9.19 Å². The van der Waals surface area contributed by atoms with Crippen molar-refractivity contribution in [1.29, 1.82) is 0 Å². The molecule has 0 aliphatic rings. The summed E-state index contributed by atoms with van der Waals surface area (Å²) in [7, 11) is -2.72. The van der Waals surface area contributed by atoms with Gasteiger partial charge in [0.1, 0.15) is 16.5 Å². The largest absolute Gasteiger partial charge is 0.495 e. The average molecular weight is 460 g/mol. The zero-order chi connectivity index (χ0) is 22.2. The Labute approximate surface area is 182 Å². The molecule has 0 saturated carbocycles. The summed E-state index contributed by atoms with van der Waals surface area (Å²) in [5.74, 6) is -1.36. The molecule has 0 unspecified atom stereocenters. The minimum atomic E-state index is -4.09. The normalized spacial score (nSPS) is 11.5. The van der Waals surface area contributed by atoms with E-state index in [2.05, 4.69) is 10.4 Å². The number of carbonyl (C=O) groups is 1. The lowest BCUT2D eigenvalue weighted by Gasteiger charge is -2.11. The van der Waals surface area contributed by atoms with Gasteiger partial charge in [-0.25, -0.2) is 4.39 Å². The summed E-state index contributed by atoms with van der Waals surface area (Å²) in [5, 5.41) is 7.03. The summed E-state index contributed by atoms with van der Waals surface area (Å²) < 4.78 is 46.5. The molecule has 0 spiro atoms. The van der Waals surface area contributed by atoms with E-state index in [1.54, 1.807) is 24.3 Å². The van der Waals surface area contributed by atoms with E-state index in [0.717, 1.165) is 10.2 Å². The number of halogens is 2. The van der Waals surface area contributed by atoms with Gasteiger partial charge in [0.15, 0.2) is 0 Å². The third kappa shape index (κ3) is 3.73. The van der Waals surface area contributed by atoms with E-state index in [4.69, 9.17) is 16.3 Å². The number of methoxy groups -OCH3 is 1. The van der Waals surface area contributed by atoms with Crippen LogP contribution in [0.25, 0.3) is 10.9 Å². The Morgan fingerprint density at radius 1 is 1.13 bits per heavy atom. The number of para-hydroxylation sites is 1. The van der Waals surface area contributed by atoms with E-state index in [-0.39, 0.29) is 32.4 Å². The molecule has 3 aromatic carbocycles. The van der Waals surface area contributed by atoms with Gasteiger partial charge in [0.2, 0.25) is 0 Å². The highest BCUT2D eigenvalue weighted by Crippen LogP contribution is 2.29. The zero-order valence-electron chi connectivity index (χ0n) is 16.0. The molecule has 10 heteroatoms. The number of hydrogen-bond acceptors (Lipinski definition) is 5. The smallest absolute Gasteiger partial charge is 0.287 e. The molecule has 7 nitrogen and oxygen atoms in total. The van der Waals surface area contributed by atoms with Gasteiger partial charge in [-0.2, -0.15) is 17.6 Å². The summed E-state index contributed by atoms with van der Waals surface area (Å²) in [6.45, 7) is 0. The number of rotatable bonds is 5. The maximum Gasteiger partial charge on any atom is 0.287 e. The Kier molecular flexibility index (Phi) is 5.38. The van der Waals surface area contributed by atoms with E-state index in [0.29, 0.717) is 5.39 Å². The van der Waals surface area contributed by atoms with Crippen molar-refractivity contribution in [3.8, 4) is 5.75 Å². The molecule has 158 valence electrons. The van der Waals surface area contributed by atoms with Crippen molar-refractivity contribution in [2.75, 3.05) is 12.4 Å². The molecule has 1 aromatic heterocycles. The number of carbonyl (C=O) groups excluding carboxylic acids is 1. The molecule has 0 radical (unpaired) electrons. The molecule has 0 aliphatic heterocycles. The van der Waals surface area contributed by atoms with Gasteiger partial charge < -0.3 is 10.1 Å². The molecule has 4 aromatic rings. The predicted molar refractivity (Wildman–Crippen MR) is 115 cm³/mol. The lowest BCUT2D eigenvalue weighted by Crippen LogP contribution is -2.16. The first-order chi connectivity index (χ1) is 14.8. The second kappa shape index (κ2) is 8.01. The second-order valence-electron chi connectivity index (χ2n) is 6.47. The number of amides is 1. The van der Waals surface area contributed by atoms with Gasteiger partial charge in [-0.15, -0.1) is 0 Å². The van der Waals surface area contributed by atoms with Crippen molar-refractivity contribution in [2.45, 2.75) is 4.90 Å². The van der Waals surface area contributed by atoms with Gasteiger partial charge >= 0.3 is 0 Å². The highest BCUT2D eigenvalue weighted by molar-refractivity contribution is 7.90. The maximum absolute atomic E-state index is 14.0. The topological polar surface area (TPSA) is 90.3 Å². The van der Waals surface area contributed by atoms with E-state index >= 15 is 0 Å². The van der Waals surface area contributed by atoms with Crippen molar-refractivity contribution < 1.29 is 22.3 Å². The predicted octanol–water partition coefficient (Wildman–Crippen LogP) is 4.33.